The number of nitrogens with one attached hydrogen (secondary N) is 1. The first-order valence-electron chi connectivity index (χ1n) is 10.5. The molecule has 1 aliphatic heterocycles. The fourth-order valence-corrected chi connectivity index (χ4v) is 4.49. The molecule has 0 amide bonds. The number of pyridine rings is 1. The molecule has 4 aromatic rings. The molecule has 32 heavy (non-hydrogen) atoms. The normalized spacial score (nSPS) is 16.5. The predicted molar refractivity (Wildman–Crippen MR) is 128 cm³/mol. The van der Waals surface area contributed by atoms with Gasteiger partial charge in [-0.3, -0.25) is 5.10 Å². The van der Waals surface area contributed by atoms with Crippen LogP contribution in [-0.4, -0.2) is 63.4 Å². The maximum absolute atomic E-state index is 10.7. The third-order valence-electron chi connectivity index (χ3n) is 5.73. The van der Waals surface area contributed by atoms with E-state index in [1.807, 2.05) is 36.0 Å². The zero-order chi connectivity index (χ0) is 22.1. The highest BCUT2D eigenvalue weighted by Crippen LogP contribution is 2.32. The van der Waals surface area contributed by atoms with E-state index in [2.05, 4.69) is 49.9 Å². The van der Waals surface area contributed by atoms with E-state index in [1.165, 1.54) is 11.3 Å². The number of H-pyrrole nitrogens is 1. The van der Waals surface area contributed by atoms with Crippen LogP contribution in [0.3, 0.4) is 0 Å². The van der Waals surface area contributed by atoms with E-state index >= 15 is 0 Å². The number of nitrogens with zero attached hydrogens (tertiary/aromatic N) is 5. The van der Waals surface area contributed by atoms with E-state index in [-0.39, 0.29) is 0 Å². The molecule has 2 N–H and O–H groups in total. The number of fused-ring (bicyclic) bond motifs is 1. The number of aliphatic hydroxyl groups is 1. The summed E-state index contributed by atoms with van der Waals surface area (Å²) in [7, 11) is 2.15. The minimum Gasteiger partial charge on any atom is -0.371 e. The lowest BCUT2D eigenvalue weighted by Gasteiger charge is -2.33. The Hall–Kier alpha value is -3.25. The molecule has 1 aromatic carbocycles. The summed E-state index contributed by atoms with van der Waals surface area (Å²) in [6, 6.07) is 8.12. The van der Waals surface area contributed by atoms with Gasteiger partial charge in [0.1, 0.15) is 10.8 Å². The number of anilines is 1. The quantitative estimate of drug-likeness (QED) is 0.473. The summed E-state index contributed by atoms with van der Waals surface area (Å²) in [5, 5.41) is 21.2. The Kier molecular flexibility index (Phi) is 5.39. The van der Waals surface area contributed by atoms with E-state index in [1.54, 1.807) is 13.1 Å². The van der Waals surface area contributed by atoms with Crippen LogP contribution >= 0.6 is 11.3 Å². The summed E-state index contributed by atoms with van der Waals surface area (Å²) < 4.78 is 0. The van der Waals surface area contributed by atoms with Crippen LogP contribution in [0.15, 0.2) is 48.2 Å². The summed E-state index contributed by atoms with van der Waals surface area (Å²) >= 11 is 1.39. The van der Waals surface area contributed by atoms with Crippen LogP contribution in [0.2, 0.25) is 0 Å². The molecule has 1 aliphatic rings. The second-order valence-corrected chi connectivity index (χ2v) is 9.09. The molecule has 4 heterocycles. The van der Waals surface area contributed by atoms with Crippen LogP contribution in [0, 0.1) is 11.8 Å². The van der Waals surface area contributed by atoms with Crippen LogP contribution in [0.25, 0.3) is 22.0 Å². The molecule has 1 unspecified atom stereocenters. The largest absolute Gasteiger partial charge is 0.371 e. The molecule has 7 nitrogen and oxygen atoms in total. The highest BCUT2D eigenvalue weighted by molar-refractivity contribution is 7.09. The Balaban J connectivity index is 1.56. The first kappa shape index (κ1) is 20.6. The molecule has 1 saturated heterocycles. The van der Waals surface area contributed by atoms with Gasteiger partial charge in [0.25, 0.3) is 0 Å². The SMILES string of the molecule is CN1CCN(c2cc(-c3cn[nH]c3)c3cc(C#CC(C)(O)c4nccs4)ccc3n2)CC1. The molecule has 0 spiro atoms. The Morgan fingerprint density at radius 1 is 1.19 bits per heavy atom. The van der Waals surface area contributed by atoms with Crippen molar-refractivity contribution in [2.45, 2.75) is 12.5 Å². The highest BCUT2D eigenvalue weighted by atomic mass is 32.1. The van der Waals surface area contributed by atoms with E-state index in [0.717, 1.165) is 59.6 Å². The fraction of sp³-hybridized carbons (Fsp3) is 0.292. The van der Waals surface area contributed by atoms with Crippen LogP contribution < -0.4 is 4.90 Å². The van der Waals surface area contributed by atoms with Gasteiger partial charge in [-0.2, -0.15) is 5.10 Å². The first-order valence-corrected chi connectivity index (χ1v) is 11.4. The zero-order valence-corrected chi connectivity index (χ0v) is 18.9. The van der Waals surface area contributed by atoms with Crippen LogP contribution in [0.4, 0.5) is 5.82 Å². The van der Waals surface area contributed by atoms with Crippen molar-refractivity contribution in [2.75, 3.05) is 38.1 Å². The Bertz CT molecular complexity index is 1280. The number of rotatable bonds is 3. The van der Waals surface area contributed by atoms with Crippen LogP contribution in [-0.2, 0) is 5.60 Å². The van der Waals surface area contributed by atoms with Crippen LogP contribution in [0.1, 0.15) is 17.5 Å². The van der Waals surface area contributed by atoms with E-state index < -0.39 is 5.60 Å². The van der Waals surface area contributed by atoms with E-state index in [0.29, 0.717) is 5.01 Å². The minimum absolute atomic E-state index is 0.586. The maximum atomic E-state index is 10.7. The fourth-order valence-electron chi connectivity index (χ4n) is 3.84. The number of aromatic nitrogens is 4. The molecule has 8 heteroatoms. The second kappa shape index (κ2) is 8.36. The number of hydrogen-bond acceptors (Lipinski definition) is 7. The number of piperazine rings is 1. The van der Waals surface area contributed by atoms with Crippen molar-refractivity contribution < 1.29 is 5.11 Å². The van der Waals surface area contributed by atoms with Gasteiger partial charge in [0.05, 0.1) is 11.7 Å². The van der Waals surface area contributed by atoms with Gasteiger partial charge < -0.3 is 14.9 Å². The van der Waals surface area contributed by atoms with Gasteiger partial charge in [-0.15, -0.1) is 11.3 Å². The number of hydrogen-bond donors (Lipinski definition) is 2. The van der Waals surface area contributed by atoms with Crippen molar-refractivity contribution in [3.63, 3.8) is 0 Å². The van der Waals surface area contributed by atoms with Crippen LogP contribution in [0.5, 0.6) is 0 Å². The molecule has 0 radical (unpaired) electrons. The Morgan fingerprint density at radius 3 is 2.75 bits per heavy atom. The van der Waals surface area contributed by atoms with Gasteiger partial charge >= 0.3 is 0 Å². The number of likely N-dealkylation sites (N-methyl/N-ethyl adjacent to an activating group) is 1. The monoisotopic (exact) mass is 444 g/mol. The standard InChI is InChI=1S/C24H24N6OS/c1-24(31,23-25-7-12-32-23)6-5-17-3-4-21-20(13-17)19(18-15-26-27-16-18)14-22(28-21)30-10-8-29(2)9-11-30/h3-4,7,12-16,31H,8-11H2,1-2H3,(H,26,27). The van der Waals surface area contributed by atoms with E-state index in [9.17, 15) is 5.11 Å². The topological polar surface area (TPSA) is 81.2 Å². The third kappa shape index (κ3) is 4.10. The summed E-state index contributed by atoms with van der Waals surface area (Å²) in [5.41, 5.74) is 2.50. The van der Waals surface area contributed by atoms with Crippen molar-refractivity contribution in [3.8, 4) is 23.0 Å². The molecule has 3 aromatic heterocycles. The second-order valence-electron chi connectivity index (χ2n) is 8.20. The van der Waals surface area contributed by atoms with Crippen molar-refractivity contribution >= 4 is 28.1 Å². The molecule has 1 fully saturated rings. The average molecular weight is 445 g/mol. The number of thiazole rings is 1. The maximum Gasteiger partial charge on any atom is 0.174 e. The lowest BCUT2D eigenvalue weighted by molar-refractivity contribution is 0.122. The Labute approximate surface area is 190 Å². The van der Waals surface area contributed by atoms with Crippen molar-refractivity contribution in [3.05, 3.63) is 58.8 Å². The van der Waals surface area contributed by atoms with Gasteiger partial charge in [-0.05, 0) is 43.8 Å². The summed E-state index contributed by atoms with van der Waals surface area (Å²) in [6.07, 6.45) is 5.40. The molecule has 162 valence electrons. The lowest BCUT2D eigenvalue weighted by atomic mass is 10.0. The summed E-state index contributed by atoms with van der Waals surface area (Å²) in [6.45, 7) is 5.62. The summed E-state index contributed by atoms with van der Waals surface area (Å²) in [5.74, 6) is 7.06. The molecule has 0 bridgehead atoms. The smallest absolute Gasteiger partial charge is 0.174 e. The average Bonchev–Trinajstić information content (AvgIpc) is 3.52. The lowest BCUT2D eigenvalue weighted by Crippen LogP contribution is -2.44. The van der Waals surface area contributed by atoms with Crippen molar-refractivity contribution in [1.29, 1.82) is 0 Å². The molecular formula is C24H24N6OS. The van der Waals surface area contributed by atoms with Gasteiger partial charge in [-0.1, -0.05) is 11.8 Å². The van der Waals surface area contributed by atoms with Crippen molar-refractivity contribution in [2.24, 2.45) is 0 Å². The minimum atomic E-state index is -1.29. The zero-order valence-electron chi connectivity index (χ0n) is 18.0. The van der Waals surface area contributed by atoms with Gasteiger partial charge in [0.2, 0.25) is 0 Å². The van der Waals surface area contributed by atoms with Gasteiger partial charge in [0, 0.05) is 60.5 Å². The number of benzene rings is 1. The molecule has 0 saturated carbocycles. The molecule has 0 aliphatic carbocycles. The summed E-state index contributed by atoms with van der Waals surface area (Å²) in [4.78, 5) is 13.8. The number of aromatic amines is 1. The predicted octanol–water partition coefficient (Wildman–Crippen LogP) is 3.09. The molecule has 1 atom stereocenters. The van der Waals surface area contributed by atoms with Gasteiger partial charge in [0.15, 0.2) is 5.60 Å². The highest BCUT2D eigenvalue weighted by Gasteiger charge is 2.23. The molecule has 5 rings (SSSR count). The third-order valence-corrected chi connectivity index (χ3v) is 6.71. The van der Waals surface area contributed by atoms with E-state index in [4.69, 9.17) is 4.98 Å². The van der Waals surface area contributed by atoms with Crippen molar-refractivity contribution in [1.82, 2.24) is 25.1 Å². The Morgan fingerprint density at radius 2 is 2.03 bits per heavy atom. The van der Waals surface area contributed by atoms with Gasteiger partial charge in [-0.25, -0.2) is 9.97 Å². The first-order chi connectivity index (χ1) is 15.5. The molecular weight excluding hydrogens is 420 g/mol.